The number of carbonyl (C=O) groups is 2. The summed E-state index contributed by atoms with van der Waals surface area (Å²) in [6, 6.07) is 4.73. The summed E-state index contributed by atoms with van der Waals surface area (Å²) >= 11 is 0. The van der Waals surface area contributed by atoms with Gasteiger partial charge in [0.15, 0.2) is 6.10 Å². The first-order valence-electron chi connectivity index (χ1n) is 8.02. The highest BCUT2D eigenvalue weighted by molar-refractivity contribution is 7.92. The van der Waals surface area contributed by atoms with Gasteiger partial charge in [-0.1, -0.05) is 0 Å². The second-order valence-electron chi connectivity index (χ2n) is 7.22. The number of anilines is 1. The number of ether oxygens (including phenoxy) is 1. The third kappa shape index (κ3) is 4.72. The molecular formula is C17H24N2O5S. The van der Waals surface area contributed by atoms with Crippen molar-refractivity contribution >= 4 is 27.6 Å². The summed E-state index contributed by atoms with van der Waals surface area (Å²) in [5, 5.41) is 2.75. The molecule has 0 aromatic heterocycles. The topological polar surface area (TPSA) is 92.8 Å². The van der Waals surface area contributed by atoms with Gasteiger partial charge in [-0.3, -0.25) is 9.10 Å². The zero-order chi connectivity index (χ0) is 19.0. The minimum absolute atomic E-state index is 0.296. The number of sulfonamides is 1. The number of esters is 1. The van der Waals surface area contributed by atoms with Crippen molar-refractivity contribution < 1.29 is 22.7 Å². The summed E-state index contributed by atoms with van der Waals surface area (Å²) in [7, 11) is -3.33. The number of nitrogens with zero attached hydrogens (tertiary/aromatic N) is 1. The average Bonchev–Trinajstić information content (AvgIpc) is 2.88. The van der Waals surface area contributed by atoms with E-state index in [1.54, 1.807) is 12.1 Å². The van der Waals surface area contributed by atoms with Gasteiger partial charge in [0.1, 0.15) is 0 Å². The molecule has 2 rings (SSSR count). The number of nitrogens with one attached hydrogen (secondary N) is 1. The van der Waals surface area contributed by atoms with Crippen molar-refractivity contribution in [3.8, 4) is 0 Å². The lowest BCUT2D eigenvalue weighted by Crippen LogP contribution is -2.46. The SMILES string of the molecule is CC(OC(=O)c1ccc2c(c1)CCN2S(C)(=O)=O)C(=O)NC(C)(C)C. The van der Waals surface area contributed by atoms with Crippen LogP contribution >= 0.6 is 0 Å². The highest BCUT2D eigenvalue weighted by atomic mass is 32.2. The predicted molar refractivity (Wildman–Crippen MR) is 95.1 cm³/mol. The minimum Gasteiger partial charge on any atom is -0.449 e. The van der Waals surface area contributed by atoms with E-state index in [2.05, 4.69) is 5.32 Å². The Morgan fingerprint density at radius 2 is 1.92 bits per heavy atom. The summed E-state index contributed by atoms with van der Waals surface area (Å²) in [5.41, 5.74) is 1.23. The summed E-state index contributed by atoms with van der Waals surface area (Å²) in [5.74, 6) is -0.984. The Morgan fingerprint density at radius 3 is 2.48 bits per heavy atom. The molecule has 0 saturated heterocycles. The lowest BCUT2D eigenvalue weighted by molar-refractivity contribution is -0.130. The number of fused-ring (bicyclic) bond motifs is 1. The van der Waals surface area contributed by atoms with Gasteiger partial charge in [0.05, 0.1) is 17.5 Å². The number of hydrogen-bond donors (Lipinski definition) is 1. The molecule has 1 aliphatic heterocycles. The molecular weight excluding hydrogens is 344 g/mol. The van der Waals surface area contributed by atoms with E-state index in [0.29, 0.717) is 24.2 Å². The molecule has 138 valence electrons. The van der Waals surface area contributed by atoms with Crippen LogP contribution in [0.25, 0.3) is 0 Å². The number of benzene rings is 1. The van der Waals surface area contributed by atoms with E-state index < -0.39 is 27.6 Å². The van der Waals surface area contributed by atoms with E-state index in [1.165, 1.54) is 17.3 Å². The lowest BCUT2D eigenvalue weighted by Gasteiger charge is -2.23. The highest BCUT2D eigenvalue weighted by Crippen LogP contribution is 2.30. The molecule has 1 aliphatic rings. The van der Waals surface area contributed by atoms with Crippen molar-refractivity contribution in [2.24, 2.45) is 0 Å². The molecule has 0 bridgehead atoms. The summed E-state index contributed by atoms with van der Waals surface area (Å²) in [6.07, 6.45) is 0.760. The van der Waals surface area contributed by atoms with Crippen LogP contribution in [0.1, 0.15) is 43.6 Å². The maximum Gasteiger partial charge on any atom is 0.338 e. The monoisotopic (exact) mass is 368 g/mol. The van der Waals surface area contributed by atoms with Crippen LogP contribution in [0.15, 0.2) is 18.2 Å². The Morgan fingerprint density at radius 1 is 1.28 bits per heavy atom. The molecule has 8 heteroatoms. The van der Waals surface area contributed by atoms with Gasteiger partial charge in [0.25, 0.3) is 5.91 Å². The van der Waals surface area contributed by atoms with Crippen molar-refractivity contribution in [3.63, 3.8) is 0 Å². The van der Waals surface area contributed by atoms with Crippen LogP contribution in [-0.2, 0) is 26.0 Å². The van der Waals surface area contributed by atoms with Gasteiger partial charge in [0.2, 0.25) is 10.0 Å². The van der Waals surface area contributed by atoms with E-state index in [4.69, 9.17) is 4.74 Å². The van der Waals surface area contributed by atoms with Crippen LogP contribution in [-0.4, -0.2) is 44.7 Å². The number of carbonyl (C=O) groups excluding carboxylic acids is 2. The first kappa shape index (κ1) is 19.2. The van der Waals surface area contributed by atoms with E-state index in [0.717, 1.165) is 11.8 Å². The van der Waals surface area contributed by atoms with Crippen LogP contribution in [0.2, 0.25) is 0 Å². The first-order valence-corrected chi connectivity index (χ1v) is 9.87. The smallest absolute Gasteiger partial charge is 0.338 e. The quantitative estimate of drug-likeness (QED) is 0.813. The van der Waals surface area contributed by atoms with Crippen LogP contribution in [0.3, 0.4) is 0 Å². The Hall–Kier alpha value is -2.09. The molecule has 1 unspecified atom stereocenters. The molecule has 1 amide bonds. The Kier molecular flexibility index (Phi) is 5.13. The fourth-order valence-corrected chi connectivity index (χ4v) is 3.55. The number of rotatable bonds is 4. The summed E-state index contributed by atoms with van der Waals surface area (Å²) in [4.78, 5) is 24.3. The second kappa shape index (κ2) is 6.67. The van der Waals surface area contributed by atoms with Gasteiger partial charge in [-0.05, 0) is 57.9 Å². The number of amides is 1. The minimum atomic E-state index is -3.33. The molecule has 0 saturated carbocycles. The van der Waals surface area contributed by atoms with E-state index >= 15 is 0 Å². The molecule has 25 heavy (non-hydrogen) atoms. The van der Waals surface area contributed by atoms with E-state index in [9.17, 15) is 18.0 Å². The molecule has 1 atom stereocenters. The predicted octanol–water partition coefficient (Wildman–Crippen LogP) is 1.47. The zero-order valence-electron chi connectivity index (χ0n) is 15.1. The average molecular weight is 368 g/mol. The van der Waals surface area contributed by atoms with Crippen molar-refractivity contribution in [2.45, 2.75) is 45.8 Å². The van der Waals surface area contributed by atoms with Crippen LogP contribution in [0.5, 0.6) is 0 Å². The molecule has 0 aliphatic carbocycles. The Balaban J connectivity index is 2.10. The summed E-state index contributed by atoms with van der Waals surface area (Å²) in [6.45, 7) is 7.39. The highest BCUT2D eigenvalue weighted by Gasteiger charge is 2.28. The van der Waals surface area contributed by atoms with Crippen LogP contribution < -0.4 is 9.62 Å². The van der Waals surface area contributed by atoms with E-state index in [1.807, 2.05) is 20.8 Å². The maximum atomic E-state index is 12.3. The molecule has 7 nitrogen and oxygen atoms in total. The normalized spacial score (nSPS) is 15.5. The summed E-state index contributed by atoms with van der Waals surface area (Å²) < 4.78 is 30.0. The van der Waals surface area contributed by atoms with Crippen LogP contribution in [0.4, 0.5) is 5.69 Å². The standard InChI is InChI=1S/C17H24N2O5S/c1-11(15(20)18-17(2,3)4)24-16(21)13-6-7-14-12(10-13)8-9-19(14)25(5,22)23/h6-7,10-11H,8-9H2,1-5H3,(H,18,20). The van der Waals surface area contributed by atoms with Crippen molar-refractivity contribution in [1.82, 2.24) is 5.32 Å². The van der Waals surface area contributed by atoms with Crippen molar-refractivity contribution in [3.05, 3.63) is 29.3 Å². The van der Waals surface area contributed by atoms with Gasteiger partial charge >= 0.3 is 5.97 Å². The molecule has 1 aromatic rings. The van der Waals surface area contributed by atoms with Gasteiger partial charge in [-0.2, -0.15) is 0 Å². The second-order valence-corrected chi connectivity index (χ2v) is 9.12. The van der Waals surface area contributed by atoms with Crippen LogP contribution in [0, 0.1) is 0 Å². The fraction of sp³-hybridized carbons (Fsp3) is 0.529. The van der Waals surface area contributed by atoms with Crippen molar-refractivity contribution in [2.75, 3.05) is 17.1 Å². The molecule has 1 heterocycles. The van der Waals surface area contributed by atoms with Gasteiger partial charge in [-0.15, -0.1) is 0 Å². The zero-order valence-corrected chi connectivity index (χ0v) is 15.9. The maximum absolute atomic E-state index is 12.3. The van der Waals surface area contributed by atoms with Crippen molar-refractivity contribution in [1.29, 1.82) is 0 Å². The fourth-order valence-electron chi connectivity index (χ4n) is 2.60. The van der Waals surface area contributed by atoms with Gasteiger partial charge in [-0.25, -0.2) is 13.2 Å². The van der Waals surface area contributed by atoms with E-state index in [-0.39, 0.29) is 5.91 Å². The third-order valence-corrected chi connectivity index (χ3v) is 4.90. The molecule has 0 fully saturated rings. The van der Waals surface area contributed by atoms with Gasteiger partial charge < -0.3 is 10.1 Å². The molecule has 1 aromatic carbocycles. The Bertz CT molecular complexity index is 796. The lowest BCUT2D eigenvalue weighted by atomic mass is 10.1. The Labute approximate surface area is 148 Å². The first-order chi connectivity index (χ1) is 11.4. The molecule has 0 spiro atoms. The van der Waals surface area contributed by atoms with Gasteiger partial charge in [0, 0.05) is 12.1 Å². The molecule has 0 radical (unpaired) electrons. The number of hydrogen-bond acceptors (Lipinski definition) is 5. The molecule has 1 N–H and O–H groups in total. The largest absolute Gasteiger partial charge is 0.449 e. The third-order valence-electron chi connectivity index (χ3n) is 3.72.